The van der Waals surface area contributed by atoms with E-state index in [0.717, 1.165) is 5.69 Å². The van der Waals surface area contributed by atoms with Gasteiger partial charge in [-0.25, -0.2) is 4.79 Å². The van der Waals surface area contributed by atoms with Crippen LogP contribution < -0.4 is 5.69 Å². The lowest BCUT2D eigenvalue weighted by Crippen LogP contribution is -2.25. The Morgan fingerprint density at radius 1 is 1.62 bits per heavy atom. The Hall–Kier alpha value is -1.38. The maximum absolute atomic E-state index is 11.2. The van der Waals surface area contributed by atoms with Crippen molar-refractivity contribution in [1.82, 2.24) is 9.55 Å². The van der Waals surface area contributed by atoms with E-state index in [1.54, 1.807) is 19.3 Å². The van der Waals surface area contributed by atoms with Gasteiger partial charge < -0.3 is 4.57 Å². The van der Waals surface area contributed by atoms with Gasteiger partial charge in [0.1, 0.15) is 0 Å². The van der Waals surface area contributed by atoms with Crippen LogP contribution in [0.25, 0.3) is 0 Å². The Bertz CT molecular complexity index is 377. The normalized spacial score (nSPS) is 11.3. The van der Waals surface area contributed by atoms with Gasteiger partial charge >= 0.3 is 5.69 Å². The van der Waals surface area contributed by atoms with Crippen LogP contribution in [0, 0.1) is 0 Å². The van der Waals surface area contributed by atoms with Crippen LogP contribution in [-0.4, -0.2) is 9.55 Å². The molecule has 0 bridgehead atoms. The molecule has 1 heterocycles. The van der Waals surface area contributed by atoms with Crippen molar-refractivity contribution in [3.63, 3.8) is 0 Å². The first-order valence-corrected chi connectivity index (χ1v) is 4.15. The first kappa shape index (κ1) is 9.71. The van der Waals surface area contributed by atoms with Gasteiger partial charge in [0.25, 0.3) is 0 Å². The van der Waals surface area contributed by atoms with Gasteiger partial charge in [-0.3, -0.25) is 0 Å². The summed E-state index contributed by atoms with van der Waals surface area (Å²) in [6, 6.07) is 1.84. The zero-order valence-electron chi connectivity index (χ0n) is 8.24. The summed E-state index contributed by atoms with van der Waals surface area (Å²) in [5, 5.41) is 0. The van der Waals surface area contributed by atoms with Crippen molar-refractivity contribution in [2.24, 2.45) is 7.05 Å². The second-order valence-corrected chi connectivity index (χ2v) is 3.63. The average molecular weight is 178 g/mol. The fourth-order valence-electron chi connectivity index (χ4n) is 0.929. The van der Waals surface area contributed by atoms with Crippen molar-refractivity contribution < 1.29 is 0 Å². The van der Waals surface area contributed by atoms with E-state index in [9.17, 15) is 4.79 Å². The predicted molar refractivity (Wildman–Crippen MR) is 52.7 cm³/mol. The largest absolute Gasteiger partial charge is 0.347 e. The van der Waals surface area contributed by atoms with Gasteiger partial charge in [0.15, 0.2) is 0 Å². The molecule has 3 nitrogen and oxygen atoms in total. The third kappa shape index (κ3) is 1.86. The molecule has 0 unspecified atom stereocenters. The number of allylic oxidation sites excluding steroid dienone is 1. The molecule has 0 atom stereocenters. The van der Waals surface area contributed by atoms with Gasteiger partial charge in [-0.2, -0.15) is 4.98 Å². The summed E-state index contributed by atoms with van der Waals surface area (Å²) in [6.45, 7) is 7.66. The zero-order chi connectivity index (χ0) is 10.1. The fraction of sp³-hybridized carbons (Fsp3) is 0.400. The Morgan fingerprint density at radius 2 is 2.23 bits per heavy atom. The quantitative estimate of drug-likeness (QED) is 0.639. The van der Waals surface area contributed by atoms with Crippen LogP contribution in [0.4, 0.5) is 0 Å². The van der Waals surface area contributed by atoms with Crippen LogP contribution in [-0.2, 0) is 12.5 Å². The maximum Gasteiger partial charge on any atom is 0.347 e. The summed E-state index contributed by atoms with van der Waals surface area (Å²) in [4.78, 5) is 15.2. The van der Waals surface area contributed by atoms with Gasteiger partial charge in [-0.1, -0.05) is 19.9 Å². The monoisotopic (exact) mass is 178 g/mol. The van der Waals surface area contributed by atoms with Crippen LogP contribution in [0.3, 0.4) is 0 Å². The van der Waals surface area contributed by atoms with Crippen molar-refractivity contribution >= 4 is 0 Å². The van der Waals surface area contributed by atoms with Gasteiger partial charge in [-0.15, -0.1) is 6.58 Å². The molecule has 0 saturated heterocycles. The lowest BCUT2D eigenvalue weighted by molar-refractivity contribution is 0.625. The molecule has 0 aliphatic carbocycles. The molecule has 0 aliphatic rings. The summed E-state index contributed by atoms with van der Waals surface area (Å²) in [7, 11) is 1.68. The Balaban J connectivity index is 3.26. The number of hydrogen-bond donors (Lipinski definition) is 0. The van der Waals surface area contributed by atoms with Crippen LogP contribution in [0.15, 0.2) is 29.7 Å². The SMILES string of the molecule is C=CC(C)(C)c1ccn(C)c(=O)n1. The smallest absolute Gasteiger partial charge is 0.302 e. The van der Waals surface area contributed by atoms with Gasteiger partial charge in [0, 0.05) is 18.7 Å². The summed E-state index contributed by atoms with van der Waals surface area (Å²) in [6.07, 6.45) is 3.50. The Kier molecular flexibility index (Phi) is 2.36. The molecule has 1 aromatic rings. The molecular formula is C10H14N2O. The first-order valence-electron chi connectivity index (χ1n) is 4.15. The van der Waals surface area contributed by atoms with Gasteiger partial charge in [-0.05, 0) is 6.07 Å². The zero-order valence-corrected chi connectivity index (χ0v) is 8.24. The van der Waals surface area contributed by atoms with Crippen molar-refractivity contribution in [3.05, 3.63) is 41.1 Å². The third-order valence-corrected chi connectivity index (χ3v) is 2.14. The van der Waals surface area contributed by atoms with Gasteiger partial charge in [0.05, 0.1) is 5.69 Å². The van der Waals surface area contributed by atoms with Crippen molar-refractivity contribution in [2.45, 2.75) is 19.3 Å². The number of aryl methyl sites for hydroxylation is 1. The number of hydrogen-bond acceptors (Lipinski definition) is 2. The lowest BCUT2D eigenvalue weighted by atomic mass is 9.89. The second-order valence-electron chi connectivity index (χ2n) is 3.63. The van der Waals surface area contributed by atoms with E-state index in [4.69, 9.17) is 0 Å². The molecule has 3 heteroatoms. The van der Waals surface area contributed by atoms with Crippen LogP contribution >= 0.6 is 0 Å². The highest BCUT2D eigenvalue weighted by Gasteiger charge is 2.17. The van der Waals surface area contributed by atoms with E-state index in [2.05, 4.69) is 11.6 Å². The lowest BCUT2D eigenvalue weighted by Gasteiger charge is -2.18. The molecular weight excluding hydrogens is 164 g/mol. The van der Waals surface area contributed by atoms with Crippen molar-refractivity contribution in [1.29, 1.82) is 0 Å². The highest BCUT2D eigenvalue weighted by Crippen LogP contribution is 2.20. The van der Waals surface area contributed by atoms with E-state index in [-0.39, 0.29) is 11.1 Å². The van der Waals surface area contributed by atoms with Crippen molar-refractivity contribution in [3.8, 4) is 0 Å². The minimum atomic E-state index is -0.243. The molecule has 70 valence electrons. The number of rotatable bonds is 2. The Morgan fingerprint density at radius 3 is 2.69 bits per heavy atom. The molecule has 0 radical (unpaired) electrons. The maximum atomic E-state index is 11.2. The van der Waals surface area contributed by atoms with E-state index < -0.39 is 0 Å². The van der Waals surface area contributed by atoms with Crippen molar-refractivity contribution in [2.75, 3.05) is 0 Å². The van der Waals surface area contributed by atoms with Crippen LogP contribution in [0.5, 0.6) is 0 Å². The highest BCUT2D eigenvalue weighted by molar-refractivity contribution is 5.18. The molecule has 0 N–H and O–H groups in total. The molecule has 0 spiro atoms. The van der Waals surface area contributed by atoms with Gasteiger partial charge in [0.2, 0.25) is 0 Å². The van der Waals surface area contributed by atoms with E-state index >= 15 is 0 Å². The summed E-state index contributed by atoms with van der Waals surface area (Å²) in [5.41, 5.74) is 0.283. The minimum Gasteiger partial charge on any atom is -0.302 e. The fourth-order valence-corrected chi connectivity index (χ4v) is 0.929. The summed E-state index contributed by atoms with van der Waals surface area (Å²) < 4.78 is 1.45. The summed E-state index contributed by atoms with van der Waals surface area (Å²) >= 11 is 0. The topological polar surface area (TPSA) is 34.9 Å². The average Bonchev–Trinajstić information content (AvgIpc) is 2.09. The molecule has 0 aromatic carbocycles. The standard InChI is InChI=1S/C10H14N2O/c1-5-10(2,3)8-6-7-12(4)9(13)11-8/h5-7H,1H2,2-4H3. The molecule has 1 rings (SSSR count). The predicted octanol–water partition coefficient (Wildman–Crippen LogP) is 1.24. The third-order valence-electron chi connectivity index (χ3n) is 2.14. The Labute approximate surface area is 77.7 Å². The summed E-state index contributed by atoms with van der Waals surface area (Å²) in [5.74, 6) is 0. The number of aromatic nitrogens is 2. The highest BCUT2D eigenvalue weighted by atomic mass is 16.1. The first-order chi connectivity index (χ1) is 5.97. The van der Waals surface area contributed by atoms with E-state index in [1.807, 2.05) is 19.9 Å². The molecule has 0 amide bonds. The second kappa shape index (κ2) is 3.17. The molecule has 0 aliphatic heterocycles. The number of nitrogens with zero attached hydrogens (tertiary/aromatic N) is 2. The van der Waals surface area contributed by atoms with Crippen LogP contribution in [0.1, 0.15) is 19.5 Å². The molecule has 0 fully saturated rings. The minimum absolute atomic E-state index is 0.229. The van der Waals surface area contributed by atoms with E-state index in [1.165, 1.54) is 4.57 Å². The molecule has 0 saturated carbocycles. The van der Waals surface area contributed by atoms with E-state index in [0.29, 0.717) is 0 Å². The van der Waals surface area contributed by atoms with Crippen LogP contribution in [0.2, 0.25) is 0 Å². The molecule has 13 heavy (non-hydrogen) atoms. The molecule has 1 aromatic heterocycles.